The average Bonchev–Trinajstić information content (AvgIpc) is 2.24. The van der Waals surface area contributed by atoms with E-state index in [0.717, 1.165) is 11.7 Å². The Hall–Kier alpha value is -0.435. The second-order valence-electron chi connectivity index (χ2n) is 5.25. The van der Waals surface area contributed by atoms with Crippen molar-refractivity contribution >= 4 is 7.28 Å². The van der Waals surface area contributed by atoms with Gasteiger partial charge in [0.2, 0.25) is 0 Å². The van der Waals surface area contributed by atoms with Gasteiger partial charge in [0, 0.05) is 37.8 Å². The second kappa shape index (κ2) is 4.61. The Labute approximate surface area is 94.6 Å². The van der Waals surface area contributed by atoms with E-state index >= 15 is 0 Å². The van der Waals surface area contributed by atoms with Gasteiger partial charge in [0.05, 0.1) is 0 Å². The van der Waals surface area contributed by atoms with Gasteiger partial charge in [-0.15, -0.1) is 0 Å². The summed E-state index contributed by atoms with van der Waals surface area (Å²) in [5, 5.41) is 0. The molecule has 2 heterocycles. The molecule has 2 rings (SSSR count). The van der Waals surface area contributed by atoms with Gasteiger partial charge in [0.25, 0.3) is 0 Å². The van der Waals surface area contributed by atoms with Gasteiger partial charge in [-0.2, -0.15) is 0 Å². The maximum atomic E-state index is 4.28. The van der Waals surface area contributed by atoms with Gasteiger partial charge in [0.15, 0.2) is 0 Å². The minimum Gasteiger partial charge on any atom is -0.375 e. The van der Waals surface area contributed by atoms with Crippen LogP contribution in [0.15, 0.2) is 12.3 Å². The fraction of sp³-hybridized carbons (Fsp3) is 0.833. The van der Waals surface area contributed by atoms with Gasteiger partial charge in [-0.1, -0.05) is 19.2 Å². The maximum Gasteiger partial charge on any atom is 0.121 e. The summed E-state index contributed by atoms with van der Waals surface area (Å²) in [6, 6.07) is 0. The normalized spacial score (nSPS) is 25.1. The van der Waals surface area contributed by atoms with Crippen molar-refractivity contribution in [3.63, 3.8) is 0 Å². The molecule has 0 atom stereocenters. The van der Waals surface area contributed by atoms with Crippen molar-refractivity contribution in [2.45, 2.75) is 25.5 Å². The minimum absolute atomic E-state index is 0.744. The van der Waals surface area contributed by atoms with Crippen molar-refractivity contribution < 1.29 is 0 Å². The first-order valence-electron chi connectivity index (χ1n) is 6.33. The number of nitrogens with zero attached hydrogens (tertiary/aromatic N) is 2. The van der Waals surface area contributed by atoms with E-state index in [2.05, 4.69) is 30.2 Å². The SMILES string of the molecule is C=C(C1CN(C)C1)N1CCC(BC)CC1. The van der Waals surface area contributed by atoms with E-state index in [4.69, 9.17) is 0 Å². The summed E-state index contributed by atoms with van der Waals surface area (Å²) in [5.41, 5.74) is 1.41. The summed E-state index contributed by atoms with van der Waals surface area (Å²) in [5.74, 6) is 1.71. The second-order valence-corrected chi connectivity index (χ2v) is 5.25. The van der Waals surface area contributed by atoms with Crippen LogP contribution in [0.2, 0.25) is 12.6 Å². The highest BCUT2D eigenvalue weighted by molar-refractivity contribution is 6.35. The summed E-state index contributed by atoms with van der Waals surface area (Å²) in [7, 11) is 3.54. The Balaban J connectivity index is 1.78. The molecule has 2 aliphatic rings. The predicted octanol–water partition coefficient (Wildman–Crippen LogP) is 1.43. The third-order valence-corrected chi connectivity index (χ3v) is 4.13. The molecule has 0 amide bonds. The highest BCUT2D eigenvalue weighted by Crippen LogP contribution is 2.29. The Morgan fingerprint density at radius 2 is 1.87 bits per heavy atom. The zero-order valence-electron chi connectivity index (χ0n) is 10.2. The Kier molecular flexibility index (Phi) is 3.40. The summed E-state index contributed by atoms with van der Waals surface area (Å²) in [6.45, 7) is 11.5. The standard InChI is InChI=1S/C12H23BN2/c1-10(11-8-14(3)9-11)15-6-4-12(13-2)5-7-15/h11-13H,1,4-9H2,2-3H3. The van der Waals surface area contributed by atoms with Gasteiger partial charge in [-0.25, -0.2) is 0 Å². The lowest BCUT2D eigenvalue weighted by atomic mass is 9.63. The Bertz CT molecular complexity index is 228. The number of rotatable bonds is 3. The molecule has 0 aromatic carbocycles. The highest BCUT2D eigenvalue weighted by atomic mass is 15.2. The van der Waals surface area contributed by atoms with Crippen LogP contribution in [0.1, 0.15) is 12.8 Å². The smallest absolute Gasteiger partial charge is 0.121 e. The van der Waals surface area contributed by atoms with E-state index in [9.17, 15) is 0 Å². The molecule has 0 saturated carbocycles. The van der Waals surface area contributed by atoms with Crippen LogP contribution < -0.4 is 0 Å². The Morgan fingerprint density at radius 3 is 2.33 bits per heavy atom. The van der Waals surface area contributed by atoms with Crippen molar-refractivity contribution in [1.29, 1.82) is 0 Å². The molecule has 0 unspecified atom stereocenters. The maximum absolute atomic E-state index is 4.28. The molecule has 0 aliphatic carbocycles. The fourth-order valence-corrected chi connectivity index (χ4v) is 2.80. The van der Waals surface area contributed by atoms with Crippen molar-refractivity contribution in [2.24, 2.45) is 5.92 Å². The molecule has 2 nitrogen and oxygen atoms in total. The lowest BCUT2D eigenvalue weighted by Gasteiger charge is -2.43. The number of piperidine rings is 1. The van der Waals surface area contributed by atoms with Crippen LogP contribution in [0.5, 0.6) is 0 Å². The summed E-state index contributed by atoms with van der Waals surface area (Å²) < 4.78 is 0. The zero-order chi connectivity index (χ0) is 10.8. The highest BCUT2D eigenvalue weighted by Gasteiger charge is 2.30. The van der Waals surface area contributed by atoms with Crippen LogP contribution in [0, 0.1) is 5.92 Å². The van der Waals surface area contributed by atoms with E-state index in [1.165, 1.54) is 52.0 Å². The molecule has 3 heteroatoms. The van der Waals surface area contributed by atoms with E-state index in [-0.39, 0.29) is 0 Å². The molecule has 15 heavy (non-hydrogen) atoms. The molecule has 0 bridgehead atoms. The zero-order valence-corrected chi connectivity index (χ0v) is 10.2. The van der Waals surface area contributed by atoms with E-state index in [1.807, 2.05) is 0 Å². The van der Waals surface area contributed by atoms with Gasteiger partial charge in [0.1, 0.15) is 7.28 Å². The summed E-state index contributed by atoms with van der Waals surface area (Å²) >= 11 is 0. The largest absolute Gasteiger partial charge is 0.375 e. The van der Waals surface area contributed by atoms with Gasteiger partial charge in [-0.3, -0.25) is 0 Å². The molecular weight excluding hydrogens is 183 g/mol. The molecule has 0 aromatic heterocycles. The molecule has 0 N–H and O–H groups in total. The van der Waals surface area contributed by atoms with Gasteiger partial charge < -0.3 is 9.80 Å². The molecular formula is C12H23BN2. The first kappa shape index (κ1) is 11.1. The minimum atomic E-state index is 0.744. The van der Waals surface area contributed by atoms with Crippen LogP contribution in [-0.4, -0.2) is 50.3 Å². The van der Waals surface area contributed by atoms with Crippen LogP contribution in [0.3, 0.4) is 0 Å². The molecule has 84 valence electrons. The van der Waals surface area contributed by atoms with Crippen LogP contribution in [0.4, 0.5) is 0 Å². The summed E-state index contributed by atoms with van der Waals surface area (Å²) in [6.07, 6.45) is 2.75. The number of hydrogen-bond donors (Lipinski definition) is 0. The third-order valence-electron chi connectivity index (χ3n) is 4.13. The van der Waals surface area contributed by atoms with E-state index in [1.54, 1.807) is 0 Å². The van der Waals surface area contributed by atoms with Gasteiger partial charge in [-0.05, 0) is 19.9 Å². The Morgan fingerprint density at radius 1 is 1.27 bits per heavy atom. The molecule has 2 saturated heterocycles. The van der Waals surface area contributed by atoms with Crippen LogP contribution in [0.25, 0.3) is 0 Å². The lowest BCUT2D eigenvalue weighted by Crippen LogP contribution is -2.48. The molecule has 0 aromatic rings. The van der Waals surface area contributed by atoms with Crippen molar-refractivity contribution in [3.8, 4) is 0 Å². The number of likely N-dealkylation sites (tertiary alicyclic amines) is 2. The first-order chi connectivity index (χ1) is 7.20. The molecule has 0 radical (unpaired) electrons. The van der Waals surface area contributed by atoms with Gasteiger partial charge >= 0.3 is 0 Å². The van der Waals surface area contributed by atoms with Crippen molar-refractivity contribution in [1.82, 2.24) is 9.80 Å². The fourth-order valence-electron chi connectivity index (χ4n) is 2.80. The number of hydrogen-bond acceptors (Lipinski definition) is 2. The van der Waals surface area contributed by atoms with E-state index < -0.39 is 0 Å². The summed E-state index contributed by atoms with van der Waals surface area (Å²) in [4.78, 5) is 4.90. The quantitative estimate of drug-likeness (QED) is 0.644. The van der Waals surface area contributed by atoms with Crippen LogP contribution in [-0.2, 0) is 0 Å². The monoisotopic (exact) mass is 206 g/mol. The molecule has 2 aliphatic heterocycles. The topological polar surface area (TPSA) is 6.48 Å². The predicted molar refractivity (Wildman–Crippen MR) is 67.7 cm³/mol. The van der Waals surface area contributed by atoms with E-state index in [0.29, 0.717) is 0 Å². The average molecular weight is 206 g/mol. The third kappa shape index (κ3) is 2.39. The first-order valence-corrected chi connectivity index (χ1v) is 6.33. The molecule has 2 fully saturated rings. The van der Waals surface area contributed by atoms with Crippen LogP contribution >= 0.6 is 0 Å². The van der Waals surface area contributed by atoms with Crippen molar-refractivity contribution in [3.05, 3.63) is 12.3 Å². The molecule has 0 spiro atoms. The van der Waals surface area contributed by atoms with Crippen molar-refractivity contribution in [2.75, 3.05) is 33.2 Å². The lowest BCUT2D eigenvalue weighted by molar-refractivity contribution is 0.124.